The van der Waals surface area contributed by atoms with Gasteiger partial charge in [0.15, 0.2) is 0 Å². The van der Waals surface area contributed by atoms with Crippen LogP contribution in [-0.2, 0) is 13.1 Å². The van der Waals surface area contributed by atoms with E-state index in [1.807, 2.05) is 6.07 Å². The van der Waals surface area contributed by atoms with Crippen LogP contribution in [0.15, 0.2) is 42.5 Å². The van der Waals surface area contributed by atoms with E-state index in [0.29, 0.717) is 0 Å². The van der Waals surface area contributed by atoms with Crippen LogP contribution in [0.1, 0.15) is 24.0 Å². The van der Waals surface area contributed by atoms with E-state index in [9.17, 15) is 5.11 Å². The zero-order valence-electron chi connectivity index (χ0n) is 14.1. The van der Waals surface area contributed by atoms with Crippen LogP contribution in [-0.4, -0.2) is 37.9 Å². The van der Waals surface area contributed by atoms with Gasteiger partial charge in [0.2, 0.25) is 0 Å². The van der Waals surface area contributed by atoms with Crippen LogP contribution in [0.4, 0.5) is 5.69 Å². The summed E-state index contributed by atoms with van der Waals surface area (Å²) in [6, 6.07) is 14.8. The number of benzene rings is 2. The average molecular weight is 354 g/mol. The zero-order chi connectivity index (χ0) is 17.1. The van der Waals surface area contributed by atoms with E-state index in [-0.39, 0.29) is 6.10 Å². The van der Waals surface area contributed by atoms with E-state index in [2.05, 4.69) is 55.4 Å². The first-order valence-electron chi connectivity index (χ1n) is 8.71. The number of nitrogens with one attached hydrogen (secondary N) is 1. The topological polar surface area (TPSA) is 61.3 Å². The summed E-state index contributed by atoms with van der Waals surface area (Å²) in [6.07, 6.45) is 1.67. The molecule has 4 rings (SSSR count). The van der Waals surface area contributed by atoms with Crippen molar-refractivity contribution in [2.75, 3.05) is 18.4 Å². The van der Waals surface area contributed by atoms with E-state index in [4.69, 9.17) is 0 Å². The molecule has 0 aliphatic carbocycles. The number of aliphatic hydroxyl groups is 1. The third-order valence-corrected chi connectivity index (χ3v) is 5.29. The number of nitrogens with zero attached hydrogens (tertiary/aromatic N) is 3. The Morgan fingerprint density at radius 1 is 1.00 bits per heavy atom. The molecular weight excluding hydrogens is 332 g/mol. The van der Waals surface area contributed by atoms with Crippen molar-refractivity contribution in [3.8, 4) is 0 Å². The van der Waals surface area contributed by atoms with E-state index in [1.54, 1.807) is 0 Å². The maximum absolute atomic E-state index is 9.59. The summed E-state index contributed by atoms with van der Waals surface area (Å²) in [6.45, 7) is 3.70. The Bertz CT molecular complexity index is 825. The Kier molecular flexibility index (Phi) is 4.92. The van der Waals surface area contributed by atoms with Crippen LogP contribution < -0.4 is 5.32 Å². The largest absolute Gasteiger partial charge is 0.393 e. The molecule has 1 aromatic heterocycles. The molecule has 6 heteroatoms. The van der Waals surface area contributed by atoms with E-state index in [0.717, 1.165) is 55.7 Å². The predicted octanol–water partition coefficient (Wildman–Crippen LogP) is 3.26. The Hall–Kier alpha value is -2.02. The molecule has 0 amide bonds. The van der Waals surface area contributed by atoms with Gasteiger partial charge in [0.1, 0.15) is 11.0 Å². The first kappa shape index (κ1) is 16.4. The number of likely N-dealkylation sites (tertiary alicyclic amines) is 1. The van der Waals surface area contributed by atoms with Gasteiger partial charge >= 0.3 is 0 Å². The Morgan fingerprint density at radius 3 is 2.52 bits per heavy atom. The minimum Gasteiger partial charge on any atom is -0.393 e. The van der Waals surface area contributed by atoms with Gasteiger partial charge in [0.25, 0.3) is 0 Å². The number of rotatable bonds is 5. The van der Waals surface area contributed by atoms with Gasteiger partial charge in [-0.1, -0.05) is 18.2 Å². The molecule has 1 aliphatic heterocycles. The lowest BCUT2D eigenvalue weighted by Crippen LogP contribution is -2.35. The second-order valence-corrected chi connectivity index (χ2v) is 7.17. The maximum Gasteiger partial charge on any atom is 0.105 e. The predicted molar refractivity (Wildman–Crippen MR) is 102 cm³/mol. The van der Waals surface area contributed by atoms with Gasteiger partial charge in [-0.3, -0.25) is 4.90 Å². The van der Waals surface area contributed by atoms with Gasteiger partial charge in [0, 0.05) is 31.9 Å². The first-order chi connectivity index (χ1) is 12.3. The summed E-state index contributed by atoms with van der Waals surface area (Å²) < 4.78 is 8.52. The van der Waals surface area contributed by atoms with Crippen LogP contribution >= 0.6 is 11.7 Å². The summed E-state index contributed by atoms with van der Waals surface area (Å²) in [5.74, 6) is 0. The molecule has 2 heterocycles. The molecule has 0 atom stereocenters. The first-order valence-corrected chi connectivity index (χ1v) is 9.44. The van der Waals surface area contributed by atoms with Crippen molar-refractivity contribution in [1.82, 2.24) is 13.6 Å². The molecule has 0 bridgehead atoms. The van der Waals surface area contributed by atoms with Crippen LogP contribution in [0, 0.1) is 0 Å². The minimum absolute atomic E-state index is 0.109. The van der Waals surface area contributed by atoms with Crippen molar-refractivity contribution in [2.24, 2.45) is 0 Å². The van der Waals surface area contributed by atoms with E-state index < -0.39 is 0 Å². The number of fused-ring (bicyclic) bond motifs is 1. The van der Waals surface area contributed by atoms with Crippen molar-refractivity contribution in [2.45, 2.75) is 32.0 Å². The fourth-order valence-electron chi connectivity index (χ4n) is 3.21. The van der Waals surface area contributed by atoms with Crippen LogP contribution in [0.2, 0.25) is 0 Å². The van der Waals surface area contributed by atoms with Crippen molar-refractivity contribution < 1.29 is 5.11 Å². The van der Waals surface area contributed by atoms with Crippen molar-refractivity contribution >= 4 is 28.4 Å². The average Bonchev–Trinajstić information content (AvgIpc) is 3.11. The lowest BCUT2D eigenvalue weighted by molar-refractivity contribution is 0.0792. The van der Waals surface area contributed by atoms with Crippen LogP contribution in [0.25, 0.3) is 11.0 Å². The number of hydrogen-bond acceptors (Lipinski definition) is 6. The van der Waals surface area contributed by atoms with Gasteiger partial charge in [-0.2, -0.15) is 8.75 Å². The quantitative estimate of drug-likeness (QED) is 0.736. The van der Waals surface area contributed by atoms with Crippen LogP contribution in [0.5, 0.6) is 0 Å². The summed E-state index contributed by atoms with van der Waals surface area (Å²) in [4.78, 5) is 2.41. The van der Waals surface area contributed by atoms with Gasteiger partial charge in [0.05, 0.1) is 17.8 Å². The second-order valence-electron chi connectivity index (χ2n) is 6.65. The molecular formula is C19H22N4OS. The summed E-state index contributed by atoms with van der Waals surface area (Å²) >= 11 is 1.25. The molecule has 0 radical (unpaired) electrons. The van der Waals surface area contributed by atoms with Crippen LogP contribution in [0.3, 0.4) is 0 Å². The highest BCUT2D eigenvalue weighted by molar-refractivity contribution is 7.00. The molecule has 1 aliphatic rings. The normalized spacial score (nSPS) is 16.4. The molecule has 2 aromatic carbocycles. The third-order valence-electron chi connectivity index (χ3n) is 4.73. The smallest absolute Gasteiger partial charge is 0.105 e. The summed E-state index contributed by atoms with van der Waals surface area (Å²) in [5.41, 5.74) is 5.57. The van der Waals surface area contributed by atoms with E-state index >= 15 is 0 Å². The molecule has 130 valence electrons. The van der Waals surface area contributed by atoms with Gasteiger partial charge in [-0.15, -0.1) is 0 Å². The fourth-order valence-corrected chi connectivity index (χ4v) is 3.72. The highest BCUT2D eigenvalue weighted by Gasteiger charge is 2.16. The molecule has 2 N–H and O–H groups in total. The third kappa shape index (κ3) is 4.15. The number of aliphatic hydroxyl groups excluding tert-OH is 1. The van der Waals surface area contributed by atoms with Gasteiger partial charge < -0.3 is 10.4 Å². The fraction of sp³-hybridized carbons (Fsp3) is 0.368. The molecule has 0 saturated carbocycles. The molecule has 5 nitrogen and oxygen atoms in total. The Balaban J connectivity index is 1.32. The molecule has 25 heavy (non-hydrogen) atoms. The Labute approximate surface area is 151 Å². The highest BCUT2D eigenvalue weighted by Crippen LogP contribution is 2.18. The maximum atomic E-state index is 9.59. The molecule has 0 unspecified atom stereocenters. The molecule has 1 saturated heterocycles. The summed E-state index contributed by atoms with van der Waals surface area (Å²) in [7, 11) is 0. The van der Waals surface area contributed by atoms with Crippen molar-refractivity contribution in [3.05, 3.63) is 53.6 Å². The zero-order valence-corrected chi connectivity index (χ0v) is 14.9. The number of aromatic nitrogens is 2. The SMILES string of the molecule is OC1CCN(Cc2ccc(NCc3ccc4nsnc4c3)cc2)CC1. The molecule has 3 aromatic rings. The minimum atomic E-state index is -0.109. The lowest BCUT2D eigenvalue weighted by atomic mass is 10.1. The van der Waals surface area contributed by atoms with Gasteiger partial charge in [-0.25, -0.2) is 0 Å². The van der Waals surface area contributed by atoms with Crippen molar-refractivity contribution in [3.63, 3.8) is 0 Å². The van der Waals surface area contributed by atoms with Crippen molar-refractivity contribution in [1.29, 1.82) is 0 Å². The van der Waals surface area contributed by atoms with E-state index in [1.165, 1.54) is 22.9 Å². The second kappa shape index (κ2) is 7.47. The molecule has 1 fully saturated rings. The highest BCUT2D eigenvalue weighted by atomic mass is 32.1. The Morgan fingerprint density at radius 2 is 1.72 bits per heavy atom. The number of piperidine rings is 1. The monoisotopic (exact) mass is 354 g/mol. The number of anilines is 1. The molecule has 0 spiro atoms. The summed E-state index contributed by atoms with van der Waals surface area (Å²) in [5, 5.41) is 13.0. The number of hydrogen-bond donors (Lipinski definition) is 2. The standard InChI is InChI=1S/C19H22N4OS/c24-17-7-9-23(10-8-17)13-14-1-4-16(5-2-14)20-12-15-3-6-18-19(11-15)22-25-21-18/h1-6,11,17,20,24H,7-10,12-13H2. The lowest BCUT2D eigenvalue weighted by Gasteiger charge is -2.29. The van der Waals surface area contributed by atoms with Gasteiger partial charge in [-0.05, 0) is 48.2 Å².